The number of H-pyrrole nitrogens is 1. The van der Waals surface area contributed by atoms with Gasteiger partial charge in [0, 0.05) is 13.2 Å². The topological polar surface area (TPSA) is 163 Å². The number of aromatic nitrogens is 5. The normalized spacial score (nSPS) is 11.5. The fraction of sp³-hybridized carbons (Fsp3) is 0.100. The Labute approximate surface area is 217 Å². The van der Waals surface area contributed by atoms with Gasteiger partial charge in [-0.1, -0.05) is 11.6 Å². The van der Waals surface area contributed by atoms with Crippen LogP contribution in [0.5, 0.6) is 5.75 Å². The van der Waals surface area contributed by atoms with E-state index in [9.17, 15) is 32.7 Å². The molecular weight excluding hydrogens is 561 g/mol. The number of carboxylic acid groups (broad SMARTS) is 1. The lowest BCUT2D eigenvalue weighted by Gasteiger charge is -2.10. The maximum Gasteiger partial charge on any atom is 0.417 e. The van der Waals surface area contributed by atoms with Gasteiger partial charge >= 0.3 is 12.1 Å². The summed E-state index contributed by atoms with van der Waals surface area (Å²) in [6, 6.07) is 2.23. The van der Waals surface area contributed by atoms with E-state index in [0.29, 0.717) is 6.20 Å². The Morgan fingerprint density at radius 1 is 1.27 bits per heavy atom. The van der Waals surface area contributed by atoms with Gasteiger partial charge in [0.2, 0.25) is 5.75 Å². The second-order valence-electron chi connectivity index (χ2n) is 7.13. The first kappa shape index (κ1) is 26.2. The van der Waals surface area contributed by atoms with Gasteiger partial charge in [0.25, 0.3) is 11.5 Å². The molecule has 0 bridgehead atoms. The SMILES string of the molecule is Cn1c(C(=O)Nc2ccsc2-c2nc(C(=O)O)c(O)c(=O)[nH]2)cnc1Sc1ncc(C(F)(F)F)cc1Cl. The third-order valence-electron chi connectivity index (χ3n) is 4.73. The number of rotatable bonds is 6. The largest absolute Gasteiger partial charge is 0.501 e. The van der Waals surface area contributed by atoms with Crippen LogP contribution in [0.15, 0.2) is 44.9 Å². The molecule has 11 nitrogen and oxygen atoms in total. The second-order valence-corrected chi connectivity index (χ2v) is 9.41. The number of halogens is 4. The molecule has 4 rings (SSSR count). The van der Waals surface area contributed by atoms with Gasteiger partial charge in [-0.2, -0.15) is 13.2 Å². The molecule has 0 unspecified atom stereocenters. The number of anilines is 1. The number of imidazole rings is 1. The smallest absolute Gasteiger partial charge is 0.417 e. The van der Waals surface area contributed by atoms with E-state index in [1.165, 1.54) is 23.9 Å². The maximum absolute atomic E-state index is 12.9. The van der Waals surface area contributed by atoms with Gasteiger partial charge in [-0.25, -0.2) is 19.7 Å². The number of carboxylic acids is 1. The Hall–Kier alpha value is -3.89. The van der Waals surface area contributed by atoms with E-state index in [0.717, 1.165) is 29.2 Å². The molecule has 0 fully saturated rings. The van der Waals surface area contributed by atoms with Crippen LogP contribution in [0.4, 0.5) is 18.9 Å². The van der Waals surface area contributed by atoms with E-state index < -0.39 is 40.6 Å². The van der Waals surface area contributed by atoms with E-state index in [2.05, 4.69) is 25.3 Å². The lowest BCUT2D eigenvalue weighted by molar-refractivity contribution is -0.137. The van der Waals surface area contributed by atoms with E-state index >= 15 is 0 Å². The summed E-state index contributed by atoms with van der Waals surface area (Å²) in [5, 5.41) is 23.0. The van der Waals surface area contributed by atoms with E-state index in [1.807, 2.05) is 0 Å². The van der Waals surface area contributed by atoms with E-state index in [-0.39, 0.29) is 37.3 Å². The van der Waals surface area contributed by atoms with Crippen LogP contribution in [0.1, 0.15) is 26.5 Å². The average Bonchev–Trinajstić information content (AvgIpc) is 3.42. The summed E-state index contributed by atoms with van der Waals surface area (Å²) >= 11 is 7.83. The summed E-state index contributed by atoms with van der Waals surface area (Å²) in [6.07, 6.45) is -2.74. The zero-order valence-corrected chi connectivity index (χ0v) is 20.5. The minimum atomic E-state index is -4.60. The zero-order chi connectivity index (χ0) is 27.1. The molecule has 0 aliphatic carbocycles. The molecule has 17 heteroatoms. The third kappa shape index (κ3) is 5.30. The van der Waals surface area contributed by atoms with E-state index in [1.54, 1.807) is 5.38 Å². The van der Waals surface area contributed by atoms with Crippen LogP contribution >= 0.6 is 34.7 Å². The number of amides is 1. The number of aromatic carboxylic acids is 1. The first-order valence-electron chi connectivity index (χ1n) is 9.75. The van der Waals surface area contributed by atoms with Crippen molar-refractivity contribution in [2.75, 3.05) is 5.32 Å². The predicted molar refractivity (Wildman–Crippen MR) is 126 cm³/mol. The van der Waals surface area contributed by atoms with Crippen LogP contribution in [-0.2, 0) is 13.2 Å². The van der Waals surface area contributed by atoms with Crippen molar-refractivity contribution < 1.29 is 33.0 Å². The van der Waals surface area contributed by atoms with Crippen molar-refractivity contribution in [2.45, 2.75) is 16.4 Å². The highest BCUT2D eigenvalue weighted by Gasteiger charge is 2.32. The Bertz CT molecular complexity index is 1600. The molecule has 4 aromatic heterocycles. The van der Waals surface area contributed by atoms with Crippen molar-refractivity contribution in [3.8, 4) is 16.5 Å². The number of aromatic hydroxyl groups is 1. The van der Waals surface area contributed by atoms with Crippen LogP contribution in [0.3, 0.4) is 0 Å². The standard InChI is InChI=1S/C20H12ClF3N6O5S2/c1-30-10(6-26-19(30)37-17-8(21)4-7(5-25-17)20(22,23)24)15(32)27-9-2-3-36-13(9)14-28-11(18(34)35)12(31)16(33)29-14/h2-6,31H,1H3,(H,27,32)(H,34,35)(H,28,29,33). The minimum Gasteiger partial charge on any atom is -0.501 e. The number of alkyl halides is 3. The molecule has 0 atom stereocenters. The van der Waals surface area contributed by atoms with Crippen LogP contribution in [0.2, 0.25) is 5.02 Å². The molecule has 4 aromatic rings. The van der Waals surface area contributed by atoms with Gasteiger partial charge in [0.1, 0.15) is 10.7 Å². The average molecular weight is 573 g/mol. The fourth-order valence-corrected chi connectivity index (χ4v) is 4.79. The number of thiophene rings is 1. The summed E-state index contributed by atoms with van der Waals surface area (Å²) in [6.45, 7) is 0. The van der Waals surface area contributed by atoms with Gasteiger partial charge in [0.05, 0.1) is 27.3 Å². The summed E-state index contributed by atoms with van der Waals surface area (Å²) in [5.74, 6) is -3.50. The highest BCUT2D eigenvalue weighted by Crippen LogP contribution is 2.36. The Morgan fingerprint density at radius 3 is 2.65 bits per heavy atom. The van der Waals surface area contributed by atoms with Crippen molar-refractivity contribution in [2.24, 2.45) is 7.05 Å². The zero-order valence-electron chi connectivity index (χ0n) is 18.1. The first-order valence-corrected chi connectivity index (χ1v) is 11.8. The monoisotopic (exact) mass is 572 g/mol. The Balaban J connectivity index is 1.57. The van der Waals surface area contributed by atoms with Crippen LogP contribution in [0.25, 0.3) is 10.7 Å². The highest BCUT2D eigenvalue weighted by atomic mass is 35.5. The van der Waals surface area contributed by atoms with Crippen molar-refractivity contribution >= 4 is 52.3 Å². The van der Waals surface area contributed by atoms with E-state index in [4.69, 9.17) is 16.7 Å². The number of hydrogen-bond donors (Lipinski definition) is 4. The number of carbonyl (C=O) groups is 2. The molecule has 4 N–H and O–H groups in total. The highest BCUT2D eigenvalue weighted by molar-refractivity contribution is 7.99. The van der Waals surface area contributed by atoms with Crippen molar-refractivity contribution in [1.29, 1.82) is 0 Å². The molecule has 4 heterocycles. The van der Waals surface area contributed by atoms with Gasteiger partial charge < -0.3 is 25.1 Å². The van der Waals surface area contributed by atoms with Crippen molar-refractivity contribution in [1.82, 2.24) is 24.5 Å². The Morgan fingerprint density at radius 2 is 2.00 bits per heavy atom. The second kappa shape index (κ2) is 9.87. The fourth-order valence-electron chi connectivity index (χ4n) is 2.94. The number of hydrogen-bond acceptors (Lipinski definition) is 9. The molecule has 192 valence electrons. The number of carbonyl (C=O) groups excluding carboxylic acids is 1. The lowest BCUT2D eigenvalue weighted by atomic mass is 10.3. The molecule has 0 radical (unpaired) electrons. The first-order chi connectivity index (χ1) is 17.4. The summed E-state index contributed by atoms with van der Waals surface area (Å²) in [5.41, 5.74) is -2.69. The number of nitrogens with one attached hydrogen (secondary N) is 2. The van der Waals surface area contributed by atoms with Gasteiger partial charge in [-0.15, -0.1) is 11.3 Å². The van der Waals surface area contributed by atoms with Crippen molar-refractivity contribution in [3.63, 3.8) is 0 Å². The molecule has 37 heavy (non-hydrogen) atoms. The molecule has 0 saturated heterocycles. The van der Waals surface area contributed by atoms with Gasteiger partial charge in [-0.3, -0.25) is 9.59 Å². The van der Waals surface area contributed by atoms with Crippen LogP contribution in [-0.4, -0.2) is 46.6 Å². The summed E-state index contributed by atoms with van der Waals surface area (Å²) < 4.78 is 39.9. The summed E-state index contributed by atoms with van der Waals surface area (Å²) in [7, 11) is 1.49. The van der Waals surface area contributed by atoms with Gasteiger partial charge in [-0.05, 0) is 29.3 Å². The molecule has 0 aliphatic heterocycles. The Kier molecular flexibility index (Phi) is 6.98. The minimum absolute atomic E-state index is 0.0482. The van der Waals surface area contributed by atoms with Gasteiger partial charge in [0.15, 0.2) is 16.7 Å². The predicted octanol–water partition coefficient (Wildman–Crippen LogP) is 4.11. The molecular formula is C20H12ClF3N6O5S2. The van der Waals surface area contributed by atoms with Crippen molar-refractivity contribution in [3.05, 3.63) is 62.2 Å². The third-order valence-corrected chi connectivity index (χ3v) is 7.13. The molecule has 0 aromatic carbocycles. The molecule has 0 spiro atoms. The number of pyridine rings is 1. The lowest BCUT2D eigenvalue weighted by Crippen LogP contribution is -2.17. The van der Waals surface area contributed by atoms with Crippen LogP contribution < -0.4 is 10.9 Å². The molecule has 0 saturated carbocycles. The number of nitrogens with zero attached hydrogens (tertiary/aromatic N) is 4. The molecule has 0 aliphatic rings. The quantitative estimate of drug-likeness (QED) is 0.266. The molecule has 1 amide bonds. The van der Waals surface area contributed by atoms with Crippen LogP contribution in [0, 0.1) is 0 Å². The number of aromatic amines is 1. The summed E-state index contributed by atoms with van der Waals surface area (Å²) in [4.78, 5) is 50.2. The maximum atomic E-state index is 12.9.